The molecule has 1 aliphatic heterocycles. The molecule has 2 heteroatoms. The Hall–Kier alpha value is -0.370. The van der Waals surface area contributed by atoms with Crippen LogP contribution in [0.3, 0.4) is 0 Å². The third-order valence-electron chi connectivity index (χ3n) is 2.30. The summed E-state index contributed by atoms with van der Waals surface area (Å²) in [6.45, 7) is 6.09. The van der Waals surface area contributed by atoms with E-state index in [0.29, 0.717) is 13.1 Å². The van der Waals surface area contributed by atoms with Gasteiger partial charge < -0.3 is 0 Å². The number of unbranched alkanes of at least 4 members (excludes halogenated alkanes) is 3. The molecule has 70 valence electrons. The Morgan fingerprint density at radius 1 is 1.33 bits per heavy atom. The van der Waals surface area contributed by atoms with Crippen molar-refractivity contribution in [3.63, 3.8) is 0 Å². The van der Waals surface area contributed by atoms with Crippen molar-refractivity contribution in [3.8, 4) is 0 Å². The van der Waals surface area contributed by atoms with E-state index in [9.17, 15) is 4.39 Å². The van der Waals surface area contributed by atoms with Crippen molar-refractivity contribution in [2.24, 2.45) is 0 Å². The van der Waals surface area contributed by atoms with Crippen LogP contribution in [0.5, 0.6) is 0 Å². The van der Waals surface area contributed by atoms with Crippen LogP contribution in [0.2, 0.25) is 0 Å². The Balaban J connectivity index is 1.80. The molecule has 0 aromatic rings. The maximum Gasteiger partial charge on any atom is 0.125 e. The van der Waals surface area contributed by atoms with Crippen molar-refractivity contribution >= 4 is 0 Å². The monoisotopic (exact) mass is 171 g/mol. The van der Waals surface area contributed by atoms with Gasteiger partial charge in [0.1, 0.15) is 6.17 Å². The lowest BCUT2D eigenvalue weighted by atomic mass is 10.1. The number of rotatable bonds is 6. The van der Waals surface area contributed by atoms with E-state index < -0.39 is 6.17 Å². The highest BCUT2D eigenvalue weighted by Gasteiger charge is 2.24. The van der Waals surface area contributed by atoms with Gasteiger partial charge in [-0.05, 0) is 25.8 Å². The van der Waals surface area contributed by atoms with Crippen LogP contribution in [0.1, 0.15) is 25.7 Å². The van der Waals surface area contributed by atoms with E-state index in [4.69, 9.17) is 0 Å². The van der Waals surface area contributed by atoms with Crippen LogP contribution < -0.4 is 0 Å². The molecule has 1 aliphatic rings. The van der Waals surface area contributed by atoms with Crippen molar-refractivity contribution in [1.82, 2.24) is 4.90 Å². The summed E-state index contributed by atoms with van der Waals surface area (Å²) < 4.78 is 12.3. The van der Waals surface area contributed by atoms with Crippen LogP contribution in [0.4, 0.5) is 4.39 Å². The Morgan fingerprint density at radius 3 is 2.67 bits per heavy atom. The Labute approximate surface area is 74.3 Å². The predicted octanol–water partition coefficient (Wildman–Crippen LogP) is 2.39. The molecular weight excluding hydrogens is 153 g/mol. The fourth-order valence-corrected chi connectivity index (χ4v) is 1.49. The molecule has 1 fully saturated rings. The summed E-state index contributed by atoms with van der Waals surface area (Å²) in [7, 11) is 0. The zero-order valence-corrected chi connectivity index (χ0v) is 7.64. The van der Waals surface area contributed by atoms with E-state index in [1.807, 2.05) is 6.08 Å². The molecule has 0 radical (unpaired) electrons. The second-order valence-electron chi connectivity index (χ2n) is 3.49. The number of halogens is 1. The zero-order valence-electron chi connectivity index (χ0n) is 7.64. The van der Waals surface area contributed by atoms with E-state index in [-0.39, 0.29) is 0 Å². The molecular formula is C10H18FN. The van der Waals surface area contributed by atoms with Crippen molar-refractivity contribution in [3.05, 3.63) is 12.7 Å². The minimum atomic E-state index is -0.543. The molecule has 0 bridgehead atoms. The molecule has 12 heavy (non-hydrogen) atoms. The van der Waals surface area contributed by atoms with Crippen LogP contribution >= 0.6 is 0 Å². The molecule has 0 aliphatic carbocycles. The first-order chi connectivity index (χ1) is 5.83. The summed E-state index contributed by atoms with van der Waals surface area (Å²) in [6, 6.07) is 0. The van der Waals surface area contributed by atoms with Crippen LogP contribution in [-0.2, 0) is 0 Å². The molecule has 0 atom stereocenters. The highest BCUT2D eigenvalue weighted by atomic mass is 19.1. The number of alkyl halides is 1. The average molecular weight is 171 g/mol. The van der Waals surface area contributed by atoms with Gasteiger partial charge in [0.05, 0.1) is 0 Å². The number of likely N-dealkylation sites (tertiary alicyclic amines) is 1. The molecule has 0 aromatic heterocycles. The molecule has 1 saturated heterocycles. The van der Waals surface area contributed by atoms with Crippen LogP contribution in [-0.4, -0.2) is 30.7 Å². The molecule has 0 amide bonds. The lowest BCUT2D eigenvalue weighted by molar-refractivity contribution is 0.0643. The summed E-state index contributed by atoms with van der Waals surface area (Å²) in [4.78, 5) is 2.18. The lowest BCUT2D eigenvalue weighted by Gasteiger charge is -2.34. The van der Waals surface area contributed by atoms with Crippen molar-refractivity contribution < 1.29 is 4.39 Å². The Bertz CT molecular complexity index is 130. The van der Waals surface area contributed by atoms with Gasteiger partial charge in [-0.15, -0.1) is 6.58 Å². The Morgan fingerprint density at radius 2 is 2.08 bits per heavy atom. The number of hydrogen-bond acceptors (Lipinski definition) is 1. The van der Waals surface area contributed by atoms with E-state index in [1.165, 1.54) is 19.3 Å². The molecule has 1 heterocycles. The topological polar surface area (TPSA) is 3.24 Å². The molecule has 1 rings (SSSR count). The van der Waals surface area contributed by atoms with Crippen LogP contribution in [0.15, 0.2) is 12.7 Å². The van der Waals surface area contributed by atoms with Gasteiger partial charge in [0.2, 0.25) is 0 Å². The first-order valence-electron chi connectivity index (χ1n) is 4.80. The van der Waals surface area contributed by atoms with Gasteiger partial charge in [-0.2, -0.15) is 0 Å². The summed E-state index contributed by atoms with van der Waals surface area (Å²) >= 11 is 0. The van der Waals surface area contributed by atoms with E-state index in [2.05, 4.69) is 11.5 Å². The standard InChI is InChI=1S/C10H18FN/c1-2-3-4-5-6-7-12-8-10(11)9-12/h2,10H,1,3-9H2. The average Bonchev–Trinajstić information content (AvgIpc) is 2.00. The maximum atomic E-state index is 12.3. The first kappa shape index (κ1) is 9.72. The summed E-state index contributed by atoms with van der Waals surface area (Å²) in [5, 5.41) is 0. The van der Waals surface area contributed by atoms with E-state index in [0.717, 1.165) is 13.0 Å². The second-order valence-corrected chi connectivity index (χ2v) is 3.49. The third-order valence-corrected chi connectivity index (χ3v) is 2.30. The summed E-state index contributed by atoms with van der Waals surface area (Å²) in [5.41, 5.74) is 0. The largest absolute Gasteiger partial charge is 0.297 e. The molecule has 0 spiro atoms. The van der Waals surface area contributed by atoms with Gasteiger partial charge in [0.25, 0.3) is 0 Å². The molecule has 0 N–H and O–H groups in total. The lowest BCUT2D eigenvalue weighted by Crippen LogP contribution is -2.48. The number of hydrogen-bond donors (Lipinski definition) is 0. The highest BCUT2D eigenvalue weighted by Crippen LogP contribution is 2.12. The van der Waals surface area contributed by atoms with Crippen LogP contribution in [0.25, 0.3) is 0 Å². The Kier molecular flexibility index (Phi) is 4.30. The zero-order chi connectivity index (χ0) is 8.81. The van der Waals surface area contributed by atoms with E-state index in [1.54, 1.807) is 0 Å². The third kappa shape index (κ3) is 3.35. The quantitative estimate of drug-likeness (QED) is 0.438. The van der Waals surface area contributed by atoms with Gasteiger partial charge in [0.15, 0.2) is 0 Å². The SMILES string of the molecule is C=CCCCCCN1CC(F)C1. The second kappa shape index (κ2) is 5.31. The molecule has 0 saturated carbocycles. The smallest absolute Gasteiger partial charge is 0.125 e. The number of allylic oxidation sites excluding steroid dienone is 1. The van der Waals surface area contributed by atoms with E-state index >= 15 is 0 Å². The maximum absolute atomic E-state index is 12.3. The van der Waals surface area contributed by atoms with Crippen LogP contribution in [0, 0.1) is 0 Å². The fourth-order valence-electron chi connectivity index (χ4n) is 1.49. The molecule has 0 aromatic carbocycles. The predicted molar refractivity (Wildman–Crippen MR) is 50.0 cm³/mol. The van der Waals surface area contributed by atoms with Gasteiger partial charge >= 0.3 is 0 Å². The minimum Gasteiger partial charge on any atom is -0.297 e. The van der Waals surface area contributed by atoms with Crippen molar-refractivity contribution in [2.45, 2.75) is 31.9 Å². The first-order valence-corrected chi connectivity index (χ1v) is 4.80. The molecule has 0 unspecified atom stereocenters. The highest BCUT2D eigenvalue weighted by molar-refractivity contribution is 4.78. The summed E-state index contributed by atoms with van der Waals surface area (Å²) in [6.07, 6.45) is 6.22. The van der Waals surface area contributed by atoms with Gasteiger partial charge in [-0.3, -0.25) is 4.90 Å². The number of nitrogens with zero attached hydrogens (tertiary/aromatic N) is 1. The van der Waals surface area contributed by atoms with Gasteiger partial charge in [-0.25, -0.2) is 4.39 Å². The normalized spacial score (nSPS) is 19.1. The minimum absolute atomic E-state index is 0.543. The van der Waals surface area contributed by atoms with Crippen molar-refractivity contribution in [2.75, 3.05) is 19.6 Å². The van der Waals surface area contributed by atoms with Gasteiger partial charge in [-0.1, -0.05) is 12.5 Å². The van der Waals surface area contributed by atoms with Crippen molar-refractivity contribution in [1.29, 1.82) is 0 Å². The van der Waals surface area contributed by atoms with Gasteiger partial charge in [0, 0.05) is 13.1 Å². The fraction of sp³-hybridized carbons (Fsp3) is 0.800. The molecule has 1 nitrogen and oxygen atoms in total. The summed E-state index contributed by atoms with van der Waals surface area (Å²) in [5.74, 6) is 0.